The van der Waals surface area contributed by atoms with Gasteiger partial charge in [-0.15, -0.1) is 0 Å². The van der Waals surface area contributed by atoms with Crippen LogP contribution in [0.15, 0.2) is 34.5 Å². The van der Waals surface area contributed by atoms with Crippen molar-refractivity contribution in [1.29, 1.82) is 0 Å². The second kappa shape index (κ2) is 7.85. The van der Waals surface area contributed by atoms with Crippen molar-refractivity contribution >= 4 is 5.91 Å². The number of piperidine rings is 1. The van der Waals surface area contributed by atoms with E-state index in [0.29, 0.717) is 12.6 Å². The number of halogens is 4. The van der Waals surface area contributed by atoms with E-state index in [-0.39, 0.29) is 29.1 Å². The van der Waals surface area contributed by atoms with Gasteiger partial charge in [-0.25, -0.2) is 9.82 Å². The maximum Gasteiger partial charge on any atom is 0.416 e. The molecule has 2 aromatic rings. The first-order chi connectivity index (χ1) is 15.3. The predicted octanol–water partition coefficient (Wildman–Crippen LogP) is 2.14. The van der Waals surface area contributed by atoms with E-state index in [1.807, 2.05) is 5.01 Å². The summed E-state index contributed by atoms with van der Waals surface area (Å²) in [6.45, 7) is 2.14. The lowest BCUT2D eigenvalue weighted by molar-refractivity contribution is -0.137. The topological polar surface area (TPSA) is 95.3 Å². The quantitative estimate of drug-likeness (QED) is 0.615. The van der Waals surface area contributed by atoms with Crippen LogP contribution in [0.4, 0.5) is 17.6 Å². The number of fused-ring (bicyclic) bond motifs is 1. The van der Waals surface area contributed by atoms with Crippen LogP contribution in [0, 0.1) is 11.7 Å². The van der Waals surface area contributed by atoms with Gasteiger partial charge in [-0.05, 0) is 44.1 Å². The van der Waals surface area contributed by atoms with E-state index in [0.717, 1.165) is 43.8 Å². The lowest BCUT2D eigenvalue weighted by Gasteiger charge is -2.38. The van der Waals surface area contributed by atoms with Gasteiger partial charge in [-0.2, -0.15) is 18.2 Å². The Balaban J connectivity index is 1.38. The summed E-state index contributed by atoms with van der Waals surface area (Å²) in [5.74, 6) is -1.49. The largest absolute Gasteiger partial charge is 0.416 e. The van der Waals surface area contributed by atoms with E-state index < -0.39 is 29.6 Å². The molecule has 0 spiro atoms. The number of amides is 1. The number of allylic oxidation sites excluding steroid dienone is 1. The van der Waals surface area contributed by atoms with Crippen LogP contribution in [0.1, 0.15) is 30.2 Å². The maximum absolute atomic E-state index is 14.3. The molecule has 2 unspecified atom stereocenters. The average molecular weight is 452 g/mol. The number of nitrogens with one attached hydrogen (secondary N) is 3. The SMILES string of the molecule is O=C1C=C(C2CCNCC2)N2NCC(c3nc(-c4ccc(C(F)(F)F)cc4F)no3)C2N1. The second-order valence-corrected chi connectivity index (χ2v) is 8.03. The molecule has 3 aliphatic rings. The fourth-order valence-electron chi connectivity index (χ4n) is 4.42. The monoisotopic (exact) mass is 452 g/mol. The number of rotatable bonds is 3. The molecule has 0 saturated carbocycles. The smallest absolute Gasteiger partial charge is 0.338 e. The minimum atomic E-state index is -4.65. The highest BCUT2D eigenvalue weighted by molar-refractivity contribution is 5.89. The van der Waals surface area contributed by atoms with Crippen molar-refractivity contribution < 1.29 is 26.9 Å². The summed E-state index contributed by atoms with van der Waals surface area (Å²) in [7, 11) is 0. The number of hydrogen-bond acceptors (Lipinski definition) is 7. The fourth-order valence-corrected chi connectivity index (χ4v) is 4.42. The normalized spacial score (nSPS) is 24.3. The molecule has 2 fully saturated rings. The molecular formula is C20H20F4N6O2. The second-order valence-electron chi connectivity index (χ2n) is 8.03. The average Bonchev–Trinajstić information content (AvgIpc) is 3.40. The van der Waals surface area contributed by atoms with Crippen molar-refractivity contribution in [3.05, 3.63) is 47.2 Å². The van der Waals surface area contributed by atoms with Crippen molar-refractivity contribution in [1.82, 2.24) is 31.2 Å². The van der Waals surface area contributed by atoms with Gasteiger partial charge in [0.05, 0.1) is 17.0 Å². The zero-order chi connectivity index (χ0) is 22.5. The van der Waals surface area contributed by atoms with Crippen molar-refractivity contribution in [2.75, 3.05) is 19.6 Å². The fraction of sp³-hybridized carbons (Fsp3) is 0.450. The van der Waals surface area contributed by atoms with Gasteiger partial charge < -0.3 is 15.2 Å². The van der Waals surface area contributed by atoms with E-state index in [4.69, 9.17) is 4.52 Å². The molecule has 4 heterocycles. The van der Waals surface area contributed by atoms with E-state index in [9.17, 15) is 22.4 Å². The molecule has 8 nitrogen and oxygen atoms in total. The summed E-state index contributed by atoms with van der Waals surface area (Å²) < 4.78 is 58.0. The molecule has 1 amide bonds. The third-order valence-corrected chi connectivity index (χ3v) is 6.04. The Bertz CT molecular complexity index is 1060. The van der Waals surface area contributed by atoms with Gasteiger partial charge in [0.2, 0.25) is 17.6 Å². The Morgan fingerprint density at radius 2 is 1.97 bits per heavy atom. The number of aromatic nitrogens is 2. The van der Waals surface area contributed by atoms with Crippen molar-refractivity contribution in [3.8, 4) is 11.4 Å². The number of hydrogen-bond donors (Lipinski definition) is 3. The molecule has 0 bridgehead atoms. The number of nitrogens with zero attached hydrogens (tertiary/aromatic N) is 3. The number of carbonyl (C=O) groups is 1. The number of benzene rings is 1. The molecule has 0 aliphatic carbocycles. The Morgan fingerprint density at radius 1 is 1.19 bits per heavy atom. The van der Waals surface area contributed by atoms with Crippen LogP contribution in [-0.4, -0.2) is 46.9 Å². The molecule has 2 atom stereocenters. The number of carbonyl (C=O) groups excluding carboxylic acids is 1. The molecule has 1 aromatic carbocycles. The van der Waals surface area contributed by atoms with Gasteiger partial charge in [0.15, 0.2) is 0 Å². The molecule has 5 rings (SSSR count). The molecule has 170 valence electrons. The van der Waals surface area contributed by atoms with Gasteiger partial charge >= 0.3 is 6.18 Å². The highest BCUT2D eigenvalue weighted by Gasteiger charge is 2.44. The van der Waals surface area contributed by atoms with Crippen LogP contribution in [0.25, 0.3) is 11.4 Å². The first kappa shape index (κ1) is 20.9. The molecular weight excluding hydrogens is 432 g/mol. The zero-order valence-electron chi connectivity index (χ0n) is 16.7. The van der Waals surface area contributed by atoms with Gasteiger partial charge in [-0.1, -0.05) is 5.16 Å². The minimum absolute atomic E-state index is 0.152. The van der Waals surface area contributed by atoms with Gasteiger partial charge in [0.1, 0.15) is 12.0 Å². The first-order valence-electron chi connectivity index (χ1n) is 10.3. The number of alkyl halides is 3. The molecule has 2 saturated heterocycles. The summed E-state index contributed by atoms with van der Waals surface area (Å²) in [6, 6.07) is 2.15. The summed E-state index contributed by atoms with van der Waals surface area (Å²) in [6.07, 6.45) is -1.71. The van der Waals surface area contributed by atoms with Crippen LogP contribution >= 0.6 is 0 Å². The summed E-state index contributed by atoms with van der Waals surface area (Å²) in [4.78, 5) is 16.6. The van der Waals surface area contributed by atoms with Crippen LogP contribution in [0.2, 0.25) is 0 Å². The van der Waals surface area contributed by atoms with Crippen LogP contribution in [0.3, 0.4) is 0 Å². The summed E-state index contributed by atoms with van der Waals surface area (Å²) in [5.41, 5.74) is 2.87. The van der Waals surface area contributed by atoms with E-state index in [2.05, 4.69) is 26.2 Å². The van der Waals surface area contributed by atoms with Gasteiger partial charge in [0, 0.05) is 24.2 Å². The Labute approximate surface area is 180 Å². The molecule has 3 aliphatic heterocycles. The third-order valence-electron chi connectivity index (χ3n) is 6.04. The minimum Gasteiger partial charge on any atom is -0.338 e. The van der Waals surface area contributed by atoms with Gasteiger partial charge in [0.25, 0.3) is 0 Å². The highest BCUT2D eigenvalue weighted by Crippen LogP contribution is 2.36. The lowest BCUT2D eigenvalue weighted by Crippen LogP contribution is -2.53. The zero-order valence-corrected chi connectivity index (χ0v) is 16.7. The molecule has 32 heavy (non-hydrogen) atoms. The van der Waals surface area contributed by atoms with Crippen molar-refractivity contribution in [2.24, 2.45) is 5.92 Å². The van der Waals surface area contributed by atoms with E-state index in [1.165, 1.54) is 0 Å². The molecule has 3 N–H and O–H groups in total. The lowest BCUT2D eigenvalue weighted by atomic mass is 9.92. The maximum atomic E-state index is 14.3. The van der Waals surface area contributed by atoms with Crippen molar-refractivity contribution in [2.45, 2.75) is 31.1 Å². The van der Waals surface area contributed by atoms with Crippen LogP contribution < -0.4 is 16.1 Å². The van der Waals surface area contributed by atoms with Crippen molar-refractivity contribution in [3.63, 3.8) is 0 Å². The standard InChI is InChI=1S/C20H20F4N6O2/c21-14-7-11(20(22,23)24)1-2-12(14)17-28-19(32-29-17)13-9-26-30-15(8-16(31)27-18(13)30)10-3-5-25-6-4-10/h1-2,7-8,10,13,18,25-26H,3-6,9H2,(H,27,31). The summed E-state index contributed by atoms with van der Waals surface area (Å²) >= 11 is 0. The highest BCUT2D eigenvalue weighted by atomic mass is 19.4. The Kier molecular flexibility index (Phi) is 5.13. The molecule has 1 aromatic heterocycles. The van der Waals surface area contributed by atoms with Crippen LogP contribution in [-0.2, 0) is 11.0 Å². The molecule has 0 radical (unpaired) electrons. The van der Waals surface area contributed by atoms with Crippen LogP contribution in [0.5, 0.6) is 0 Å². The number of hydrazine groups is 1. The van der Waals surface area contributed by atoms with E-state index >= 15 is 0 Å². The molecule has 12 heteroatoms. The third kappa shape index (κ3) is 3.73. The Hall–Kier alpha value is -2.99. The van der Waals surface area contributed by atoms with E-state index in [1.54, 1.807) is 6.08 Å². The summed E-state index contributed by atoms with van der Waals surface area (Å²) in [5, 5.41) is 11.9. The van der Waals surface area contributed by atoms with Gasteiger partial charge in [-0.3, -0.25) is 9.80 Å². The Morgan fingerprint density at radius 3 is 2.69 bits per heavy atom. The predicted molar refractivity (Wildman–Crippen MR) is 103 cm³/mol. The first-order valence-corrected chi connectivity index (χ1v) is 10.3.